The fraction of sp³-hybridized carbons (Fsp3) is 0.318. The van der Waals surface area contributed by atoms with Crippen molar-refractivity contribution < 1.29 is 9.53 Å². The molecule has 4 aromatic heterocycles. The van der Waals surface area contributed by atoms with Crippen LogP contribution < -0.4 is 5.32 Å². The first-order valence-corrected chi connectivity index (χ1v) is 11.1. The molecule has 0 fully saturated rings. The van der Waals surface area contributed by atoms with E-state index in [-0.39, 0.29) is 5.97 Å². The van der Waals surface area contributed by atoms with Crippen LogP contribution in [0.4, 0.5) is 5.82 Å². The number of nitrogens with zero attached hydrogens (tertiary/aromatic N) is 6. The first-order chi connectivity index (χ1) is 15.5. The Hall–Kier alpha value is -3.37. The molecule has 0 amide bonds. The van der Waals surface area contributed by atoms with E-state index in [9.17, 15) is 4.79 Å². The molecule has 10 heteroatoms. The minimum absolute atomic E-state index is 0.326. The number of pyridine rings is 1. The van der Waals surface area contributed by atoms with Crippen molar-refractivity contribution in [1.29, 1.82) is 0 Å². The molecule has 0 saturated heterocycles. The molecule has 0 saturated carbocycles. The Morgan fingerprint density at radius 2 is 2.09 bits per heavy atom. The average Bonchev–Trinajstić information content (AvgIpc) is 3.40. The van der Waals surface area contributed by atoms with Crippen LogP contribution in [0.25, 0.3) is 16.0 Å². The number of aromatic nitrogens is 5. The monoisotopic (exact) mass is 451 g/mol. The second-order valence-corrected chi connectivity index (χ2v) is 8.47. The van der Waals surface area contributed by atoms with Gasteiger partial charge in [-0.3, -0.25) is 0 Å². The number of carbonyl (C=O) groups excluding carboxylic acids is 1. The number of esters is 1. The van der Waals surface area contributed by atoms with E-state index in [0.29, 0.717) is 36.2 Å². The summed E-state index contributed by atoms with van der Waals surface area (Å²) in [5.41, 5.74) is 1.79. The van der Waals surface area contributed by atoms with Gasteiger partial charge in [-0.2, -0.15) is 5.10 Å². The third kappa shape index (κ3) is 4.46. The summed E-state index contributed by atoms with van der Waals surface area (Å²) in [6.07, 6.45) is 5.32. The SMILES string of the molecule is CCOC(=O)c1sc2nc(CN(C)C)nc(NCc3cccnc3-n3cccn3)c2c1C. The summed E-state index contributed by atoms with van der Waals surface area (Å²) in [6.45, 7) is 5.10. The summed E-state index contributed by atoms with van der Waals surface area (Å²) in [4.78, 5) is 29.7. The van der Waals surface area contributed by atoms with E-state index in [1.807, 2.05) is 50.3 Å². The summed E-state index contributed by atoms with van der Waals surface area (Å²) in [6, 6.07) is 5.76. The highest BCUT2D eigenvalue weighted by molar-refractivity contribution is 7.20. The Morgan fingerprint density at radius 1 is 1.25 bits per heavy atom. The molecular formula is C22H25N7O2S. The number of hydrogen-bond acceptors (Lipinski definition) is 9. The standard InChI is InChI=1S/C22H25N7O2S/c1-5-31-22(30)18-14(2)17-19(26-16(13-28(3)4)27-21(17)32-18)24-12-15-8-6-9-23-20(15)29-11-7-10-25-29/h6-11H,5,12-13H2,1-4H3,(H,24,26,27). The van der Waals surface area contributed by atoms with E-state index in [1.165, 1.54) is 11.3 Å². The Morgan fingerprint density at radius 3 is 2.81 bits per heavy atom. The molecular weight excluding hydrogens is 426 g/mol. The highest BCUT2D eigenvalue weighted by Crippen LogP contribution is 2.34. The van der Waals surface area contributed by atoms with Crippen LogP contribution >= 0.6 is 11.3 Å². The summed E-state index contributed by atoms with van der Waals surface area (Å²) < 4.78 is 6.97. The van der Waals surface area contributed by atoms with Gasteiger partial charge in [0.1, 0.15) is 21.3 Å². The van der Waals surface area contributed by atoms with E-state index in [4.69, 9.17) is 14.7 Å². The molecule has 0 aliphatic carbocycles. The number of carbonyl (C=O) groups is 1. The van der Waals surface area contributed by atoms with Crippen molar-refractivity contribution in [2.75, 3.05) is 26.0 Å². The van der Waals surface area contributed by atoms with Gasteiger partial charge < -0.3 is 15.0 Å². The quantitative estimate of drug-likeness (QED) is 0.407. The number of anilines is 1. The number of fused-ring (bicyclic) bond motifs is 1. The predicted octanol–water partition coefficient (Wildman–Crippen LogP) is 3.43. The van der Waals surface area contributed by atoms with E-state index >= 15 is 0 Å². The largest absolute Gasteiger partial charge is 0.462 e. The van der Waals surface area contributed by atoms with Crippen molar-refractivity contribution in [1.82, 2.24) is 29.6 Å². The lowest BCUT2D eigenvalue weighted by Crippen LogP contribution is -2.15. The summed E-state index contributed by atoms with van der Waals surface area (Å²) in [7, 11) is 3.94. The third-order valence-electron chi connectivity index (χ3n) is 4.79. The zero-order chi connectivity index (χ0) is 22.7. The van der Waals surface area contributed by atoms with Crippen molar-refractivity contribution in [2.45, 2.75) is 26.9 Å². The normalized spacial score (nSPS) is 11.3. The van der Waals surface area contributed by atoms with Crippen molar-refractivity contribution in [2.24, 2.45) is 0 Å². The zero-order valence-corrected chi connectivity index (χ0v) is 19.3. The Bertz CT molecular complexity index is 1230. The lowest BCUT2D eigenvalue weighted by atomic mass is 10.2. The van der Waals surface area contributed by atoms with Crippen LogP contribution in [0.1, 0.15) is 33.5 Å². The van der Waals surface area contributed by atoms with Gasteiger partial charge in [-0.25, -0.2) is 24.4 Å². The zero-order valence-electron chi connectivity index (χ0n) is 18.5. The molecule has 0 atom stereocenters. The Labute approximate surface area is 190 Å². The van der Waals surface area contributed by atoms with Gasteiger partial charge >= 0.3 is 5.97 Å². The van der Waals surface area contributed by atoms with Crippen LogP contribution in [0.5, 0.6) is 0 Å². The minimum atomic E-state index is -0.332. The van der Waals surface area contributed by atoms with Crippen LogP contribution in [0, 0.1) is 6.92 Å². The number of hydrogen-bond donors (Lipinski definition) is 1. The van der Waals surface area contributed by atoms with E-state index in [2.05, 4.69) is 15.4 Å². The first-order valence-electron chi connectivity index (χ1n) is 10.3. The molecule has 0 bridgehead atoms. The highest BCUT2D eigenvalue weighted by atomic mass is 32.1. The molecule has 4 rings (SSSR count). The van der Waals surface area contributed by atoms with Gasteiger partial charge in [0.05, 0.1) is 18.5 Å². The van der Waals surface area contributed by atoms with Crippen LogP contribution in [0.15, 0.2) is 36.8 Å². The molecule has 0 unspecified atom stereocenters. The minimum Gasteiger partial charge on any atom is -0.462 e. The summed E-state index contributed by atoms with van der Waals surface area (Å²) >= 11 is 1.34. The topological polar surface area (TPSA) is 98.1 Å². The second-order valence-electron chi connectivity index (χ2n) is 7.47. The molecule has 0 spiro atoms. The summed E-state index contributed by atoms with van der Waals surface area (Å²) in [5.74, 6) is 1.78. The number of rotatable bonds is 8. The van der Waals surface area contributed by atoms with Gasteiger partial charge in [0.15, 0.2) is 5.82 Å². The molecule has 0 aliphatic rings. The maximum atomic E-state index is 12.5. The number of thiophene rings is 1. The van der Waals surface area contributed by atoms with Crippen LogP contribution in [-0.4, -0.2) is 56.3 Å². The molecule has 4 aromatic rings. The number of aryl methyl sites for hydroxylation is 1. The molecule has 0 radical (unpaired) electrons. The molecule has 0 aliphatic heterocycles. The molecule has 0 aromatic carbocycles. The maximum Gasteiger partial charge on any atom is 0.348 e. The molecule has 1 N–H and O–H groups in total. The fourth-order valence-electron chi connectivity index (χ4n) is 3.40. The van der Waals surface area contributed by atoms with E-state index < -0.39 is 0 Å². The lowest BCUT2D eigenvalue weighted by Gasteiger charge is -2.13. The van der Waals surface area contributed by atoms with Gasteiger partial charge in [-0.1, -0.05) is 6.07 Å². The summed E-state index contributed by atoms with van der Waals surface area (Å²) in [5, 5.41) is 8.59. The molecule has 4 heterocycles. The Kier molecular flexibility index (Phi) is 6.42. The van der Waals surface area contributed by atoms with E-state index in [0.717, 1.165) is 27.2 Å². The average molecular weight is 452 g/mol. The van der Waals surface area contributed by atoms with Crippen LogP contribution in [0.2, 0.25) is 0 Å². The van der Waals surface area contributed by atoms with Gasteiger partial charge in [0.2, 0.25) is 0 Å². The van der Waals surface area contributed by atoms with Crippen LogP contribution in [-0.2, 0) is 17.8 Å². The maximum absolute atomic E-state index is 12.5. The van der Waals surface area contributed by atoms with Gasteiger partial charge in [0, 0.05) is 30.7 Å². The Balaban J connectivity index is 1.73. The third-order valence-corrected chi connectivity index (χ3v) is 5.96. The van der Waals surface area contributed by atoms with Crippen molar-refractivity contribution >= 4 is 33.3 Å². The molecule has 166 valence electrons. The fourth-order valence-corrected chi connectivity index (χ4v) is 4.50. The smallest absolute Gasteiger partial charge is 0.348 e. The highest BCUT2D eigenvalue weighted by Gasteiger charge is 2.22. The van der Waals surface area contributed by atoms with Crippen molar-refractivity contribution in [3.63, 3.8) is 0 Å². The predicted molar refractivity (Wildman–Crippen MR) is 124 cm³/mol. The van der Waals surface area contributed by atoms with E-state index in [1.54, 1.807) is 24.0 Å². The molecule has 9 nitrogen and oxygen atoms in total. The lowest BCUT2D eigenvalue weighted by molar-refractivity contribution is 0.0531. The second kappa shape index (κ2) is 9.41. The van der Waals surface area contributed by atoms with Crippen molar-refractivity contribution in [3.8, 4) is 5.82 Å². The van der Waals surface area contributed by atoms with Crippen LogP contribution in [0.3, 0.4) is 0 Å². The van der Waals surface area contributed by atoms with Gasteiger partial charge in [-0.15, -0.1) is 11.3 Å². The number of ether oxygens (including phenoxy) is 1. The number of nitrogens with one attached hydrogen (secondary N) is 1. The van der Waals surface area contributed by atoms with Gasteiger partial charge in [-0.05, 0) is 45.6 Å². The van der Waals surface area contributed by atoms with Crippen molar-refractivity contribution in [3.05, 3.63) is 58.6 Å². The first kappa shape index (κ1) is 21.8. The molecule has 32 heavy (non-hydrogen) atoms. The van der Waals surface area contributed by atoms with Gasteiger partial charge in [0.25, 0.3) is 0 Å².